The van der Waals surface area contributed by atoms with Gasteiger partial charge in [-0.25, -0.2) is 0 Å². The molecule has 0 N–H and O–H groups in total. The maximum absolute atomic E-state index is 6.52. The smallest absolute Gasteiger partial charge is 0.135 e. The monoisotopic (exact) mass is 740 g/mol. The summed E-state index contributed by atoms with van der Waals surface area (Å²) in [5, 5.41) is 9.50. The number of para-hydroxylation sites is 5. The summed E-state index contributed by atoms with van der Waals surface area (Å²) in [6.45, 7) is 0. The fraction of sp³-hybridized carbons (Fsp3) is 0. The lowest BCUT2D eigenvalue weighted by molar-refractivity contribution is 0.669. The van der Waals surface area contributed by atoms with Gasteiger partial charge < -0.3 is 18.1 Å². The highest BCUT2D eigenvalue weighted by Gasteiger charge is 2.19. The van der Waals surface area contributed by atoms with Gasteiger partial charge in [0.15, 0.2) is 0 Å². The largest absolute Gasteiger partial charge is 0.456 e. The van der Waals surface area contributed by atoms with Crippen LogP contribution < -0.4 is 0 Å². The third-order valence-electron chi connectivity index (χ3n) is 12.1. The molecule has 0 atom stereocenters. The Balaban J connectivity index is 1.07. The second-order valence-corrected chi connectivity index (χ2v) is 15.2. The van der Waals surface area contributed by atoms with Crippen molar-refractivity contribution in [2.45, 2.75) is 0 Å². The van der Waals surface area contributed by atoms with Crippen LogP contribution in [0.4, 0.5) is 0 Å². The van der Waals surface area contributed by atoms with Crippen LogP contribution in [0.25, 0.3) is 116 Å². The van der Waals surface area contributed by atoms with E-state index in [0.717, 1.165) is 61.2 Å². The van der Waals surface area contributed by atoms with Crippen LogP contribution >= 0.6 is 0 Å². The molecule has 5 aromatic heterocycles. The van der Waals surface area contributed by atoms with Crippen LogP contribution in [-0.4, -0.2) is 18.7 Å². The van der Waals surface area contributed by atoms with E-state index in [4.69, 9.17) is 4.42 Å². The van der Waals surface area contributed by atoms with E-state index in [-0.39, 0.29) is 0 Å². The zero-order chi connectivity index (χ0) is 37.9. The van der Waals surface area contributed by atoms with Crippen molar-refractivity contribution in [2.75, 3.05) is 0 Å². The Labute approximate surface area is 331 Å². The maximum atomic E-state index is 6.52. The van der Waals surface area contributed by atoms with Gasteiger partial charge in [-0.2, -0.15) is 0 Å². The molecule has 0 bridgehead atoms. The molecule has 5 nitrogen and oxygen atoms in total. The Bertz CT molecular complexity index is 3530. The normalized spacial score (nSPS) is 12.1. The Morgan fingerprint density at radius 1 is 0.310 bits per heavy atom. The number of hydrogen-bond donors (Lipinski definition) is 0. The van der Waals surface area contributed by atoms with Gasteiger partial charge in [0.2, 0.25) is 0 Å². The predicted molar refractivity (Wildman–Crippen MR) is 240 cm³/mol. The Kier molecular flexibility index (Phi) is 6.38. The molecule has 270 valence electrons. The molecule has 0 unspecified atom stereocenters. The third-order valence-corrected chi connectivity index (χ3v) is 12.1. The number of hydrogen-bond acceptors (Lipinski definition) is 2. The lowest BCUT2D eigenvalue weighted by Crippen LogP contribution is -2.00. The molecule has 0 aliphatic rings. The fourth-order valence-electron chi connectivity index (χ4n) is 9.60. The number of rotatable bonds is 4. The number of nitrogens with zero attached hydrogens (tertiary/aromatic N) is 4. The van der Waals surface area contributed by atoms with Crippen molar-refractivity contribution in [3.63, 3.8) is 0 Å². The van der Waals surface area contributed by atoms with Gasteiger partial charge in [0.25, 0.3) is 0 Å². The lowest BCUT2D eigenvalue weighted by atomic mass is 10.0. The summed E-state index contributed by atoms with van der Waals surface area (Å²) in [4.78, 5) is 4.52. The first-order valence-electron chi connectivity index (χ1n) is 19.7. The summed E-state index contributed by atoms with van der Waals surface area (Å²) in [5.41, 5.74) is 14.2. The van der Waals surface area contributed by atoms with Gasteiger partial charge in [-0.15, -0.1) is 0 Å². The van der Waals surface area contributed by atoms with Gasteiger partial charge in [-0.1, -0.05) is 97.1 Å². The van der Waals surface area contributed by atoms with E-state index in [1.165, 1.54) is 54.4 Å². The molecule has 0 aliphatic heterocycles. The van der Waals surface area contributed by atoms with Crippen molar-refractivity contribution in [1.82, 2.24) is 18.7 Å². The second-order valence-electron chi connectivity index (χ2n) is 15.2. The molecular formula is C53H32N4O. The highest BCUT2D eigenvalue weighted by molar-refractivity contribution is 6.12. The van der Waals surface area contributed by atoms with Crippen LogP contribution in [0.15, 0.2) is 199 Å². The summed E-state index contributed by atoms with van der Waals surface area (Å²) in [5.74, 6) is 0. The van der Waals surface area contributed by atoms with Crippen molar-refractivity contribution >= 4 is 87.4 Å². The molecular weight excluding hydrogens is 709 g/mol. The molecule has 0 radical (unpaired) electrons. The van der Waals surface area contributed by atoms with Gasteiger partial charge in [0, 0.05) is 66.3 Å². The molecule has 13 rings (SSSR count). The summed E-state index contributed by atoms with van der Waals surface area (Å²) in [6, 6.07) is 65.8. The molecule has 58 heavy (non-hydrogen) atoms. The molecule has 13 aromatic rings. The lowest BCUT2D eigenvalue weighted by Gasteiger charge is -2.16. The van der Waals surface area contributed by atoms with Crippen LogP contribution in [0.5, 0.6) is 0 Å². The van der Waals surface area contributed by atoms with Crippen LogP contribution in [-0.2, 0) is 0 Å². The van der Waals surface area contributed by atoms with E-state index < -0.39 is 0 Å². The zero-order valence-corrected chi connectivity index (χ0v) is 31.2. The summed E-state index contributed by atoms with van der Waals surface area (Å²) >= 11 is 0. The molecule has 5 heterocycles. The molecule has 0 aliphatic carbocycles. The number of fused-ring (bicyclic) bond motifs is 12. The Hall–Kier alpha value is -7.89. The maximum Gasteiger partial charge on any atom is 0.135 e. The van der Waals surface area contributed by atoms with Crippen molar-refractivity contribution in [2.24, 2.45) is 0 Å². The average Bonchev–Trinajstić information content (AvgIpc) is 4.02. The average molecular weight is 741 g/mol. The number of benzene rings is 8. The van der Waals surface area contributed by atoms with Crippen LogP contribution in [0.3, 0.4) is 0 Å². The van der Waals surface area contributed by atoms with E-state index in [2.05, 4.69) is 201 Å². The molecule has 0 amide bonds. The molecule has 5 heteroatoms. The number of pyridine rings is 1. The summed E-state index contributed by atoms with van der Waals surface area (Å²) in [6.07, 6.45) is 3.83. The summed E-state index contributed by atoms with van der Waals surface area (Å²) in [7, 11) is 0. The van der Waals surface area contributed by atoms with Crippen molar-refractivity contribution < 1.29 is 4.42 Å². The predicted octanol–water partition coefficient (Wildman–Crippen LogP) is 13.9. The van der Waals surface area contributed by atoms with Crippen molar-refractivity contribution in [3.05, 3.63) is 194 Å². The van der Waals surface area contributed by atoms with Gasteiger partial charge in [0.05, 0.1) is 39.3 Å². The van der Waals surface area contributed by atoms with Gasteiger partial charge >= 0.3 is 0 Å². The topological polar surface area (TPSA) is 40.8 Å². The molecule has 0 fully saturated rings. The first-order chi connectivity index (χ1) is 28.8. The Morgan fingerprint density at radius 2 is 0.741 bits per heavy atom. The second kappa shape index (κ2) is 11.8. The van der Waals surface area contributed by atoms with E-state index in [9.17, 15) is 0 Å². The standard InChI is InChI=1S/C53H32N4O/c1-7-17-47-38(11-1)39-12-2-8-18-48(39)56(47)36-27-34(28-37(30-36)57-49-19-9-3-13-40(49)41-14-4-10-20-50(41)57)33-21-23-52-44(29-33)45-31-35(22-24-53(45)58-52)55-46-16-6-5-15-42(46)43-25-26-54-32-51(43)55/h1-32H. The molecule has 0 spiro atoms. The van der Waals surface area contributed by atoms with Crippen LogP contribution in [0.1, 0.15) is 0 Å². The van der Waals surface area contributed by atoms with E-state index in [0.29, 0.717) is 0 Å². The first kappa shape index (κ1) is 31.3. The van der Waals surface area contributed by atoms with Crippen LogP contribution in [0, 0.1) is 0 Å². The first-order valence-corrected chi connectivity index (χ1v) is 19.7. The third kappa shape index (κ3) is 4.38. The van der Waals surface area contributed by atoms with Gasteiger partial charge in [-0.05, 0) is 96.1 Å². The van der Waals surface area contributed by atoms with Gasteiger partial charge in [-0.3, -0.25) is 4.98 Å². The minimum absolute atomic E-state index is 0.861. The summed E-state index contributed by atoms with van der Waals surface area (Å²) < 4.78 is 13.7. The molecule has 0 saturated heterocycles. The SMILES string of the molecule is c1ccc2c(c1)c1ccccc1n2-c1cc(-c2ccc3oc4ccc(-n5c6ccccc6c6ccncc65)cc4c3c2)cc(-n2c3ccccc3c3ccccc32)c1. The van der Waals surface area contributed by atoms with Gasteiger partial charge in [0.1, 0.15) is 11.2 Å². The highest BCUT2D eigenvalue weighted by atomic mass is 16.3. The van der Waals surface area contributed by atoms with Crippen molar-refractivity contribution in [1.29, 1.82) is 0 Å². The number of aromatic nitrogens is 4. The minimum Gasteiger partial charge on any atom is -0.456 e. The molecule has 0 saturated carbocycles. The Morgan fingerprint density at radius 3 is 1.26 bits per heavy atom. The number of furan rings is 1. The quantitative estimate of drug-likeness (QED) is 0.180. The van der Waals surface area contributed by atoms with E-state index >= 15 is 0 Å². The molecule has 8 aromatic carbocycles. The highest BCUT2D eigenvalue weighted by Crippen LogP contribution is 2.40. The van der Waals surface area contributed by atoms with Crippen molar-refractivity contribution in [3.8, 4) is 28.2 Å². The van der Waals surface area contributed by atoms with E-state index in [1.54, 1.807) is 0 Å². The fourth-order valence-corrected chi connectivity index (χ4v) is 9.60. The van der Waals surface area contributed by atoms with E-state index in [1.807, 2.05) is 12.4 Å². The zero-order valence-electron chi connectivity index (χ0n) is 31.2. The minimum atomic E-state index is 0.861. The van der Waals surface area contributed by atoms with Crippen LogP contribution in [0.2, 0.25) is 0 Å².